The molecule has 6 nitrogen and oxygen atoms in total. The van der Waals surface area contributed by atoms with E-state index in [0.717, 1.165) is 5.56 Å². The zero-order chi connectivity index (χ0) is 19.8. The van der Waals surface area contributed by atoms with Gasteiger partial charge in [-0.1, -0.05) is 61.5 Å². The summed E-state index contributed by atoms with van der Waals surface area (Å²) in [7, 11) is 1.49. The molecule has 0 amide bonds. The topological polar surface area (TPSA) is 95.9 Å². The minimum absolute atomic E-state index is 0.0356. The summed E-state index contributed by atoms with van der Waals surface area (Å²) in [5.41, 5.74) is 2.14. The average molecular weight is 371 g/mol. The van der Waals surface area contributed by atoms with E-state index < -0.39 is 18.1 Å². The molecule has 144 valence electrons. The summed E-state index contributed by atoms with van der Waals surface area (Å²) in [6, 6.07) is 15.2. The van der Waals surface area contributed by atoms with Gasteiger partial charge in [0.15, 0.2) is 5.78 Å². The first-order valence-corrected chi connectivity index (χ1v) is 8.78. The number of likely N-dealkylation sites (N-methyl/N-ethyl adjacent to an activating group) is 1. The summed E-state index contributed by atoms with van der Waals surface area (Å²) in [5.74, 6) is -1.49. The molecule has 0 saturated carbocycles. The van der Waals surface area contributed by atoms with Crippen LogP contribution in [0.5, 0.6) is 0 Å². The maximum absolute atomic E-state index is 12.4. The Balaban J connectivity index is 1.86. The van der Waals surface area contributed by atoms with Gasteiger partial charge in [0.2, 0.25) is 0 Å². The van der Waals surface area contributed by atoms with Crippen molar-refractivity contribution < 1.29 is 24.5 Å². The Kier molecular flexibility index (Phi) is 7.67. The van der Waals surface area contributed by atoms with Crippen LogP contribution in [0.2, 0.25) is 0 Å². The number of nitrogens with one attached hydrogen (secondary N) is 1. The van der Waals surface area contributed by atoms with Crippen LogP contribution in [-0.4, -0.2) is 47.8 Å². The van der Waals surface area contributed by atoms with E-state index in [2.05, 4.69) is 5.32 Å². The lowest BCUT2D eigenvalue weighted by molar-refractivity contribution is -0.143. The Morgan fingerprint density at radius 3 is 2.19 bits per heavy atom. The molecule has 0 aliphatic heterocycles. The molecule has 0 fully saturated rings. The van der Waals surface area contributed by atoms with Gasteiger partial charge >= 0.3 is 5.97 Å². The predicted molar refractivity (Wildman–Crippen MR) is 102 cm³/mol. The highest BCUT2D eigenvalue weighted by Crippen LogP contribution is 2.13. The van der Waals surface area contributed by atoms with Crippen molar-refractivity contribution in [1.82, 2.24) is 5.32 Å². The Bertz CT molecular complexity index is 745. The number of rotatable bonds is 10. The van der Waals surface area contributed by atoms with Gasteiger partial charge in [0.25, 0.3) is 0 Å². The molecule has 2 aromatic carbocycles. The molecule has 0 unspecified atom stereocenters. The van der Waals surface area contributed by atoms with Gasteiger partial charge < -0.3 is 20.3 Å². The summed E-state index contributed by atoms with van der Waals surface area (Å²) in [4.78, 5) is 23.4. The second kappa shape index (κ2) is 9.97. The number of carbonyl (C=O) groups is 2. The summed E-state index contributed by atoms with van der Waals surface area (Å²) < 4.78 is 5.60. The van der Waals surface area contributed by atoms with Gasteiger partial charge in [0.05, 0.1) is 19.3 Å². The number of benzene rings is 2. The summed E-state index contributed by atoms with van der Waals surface area (Å²) in [6.45, 7) is 2.27. The van der Waals surface area contributed by atoms with Crippen molar-refractivity contribution in [2.45, 2.75) is 25.7 Å². The van der Waals surface area contributed by atoms with E-state index in [1.807, 2.05) is 30.3 Å². The lowest BCUT2D eigenvalue weighted by Crippen LogP contribution is -2.48. The molecular formula is C21H25NO5. The lowest BCUT2D eigenvalue weighted by Gasteiger charge is -2.24. The van der Waals surface area contributed by atoms with Crippen LogP contribution in [0, 0.1) is 5.92 Å². The third-order valence-electron chi connectivity index (χ3n) is 4.40. The third-order valence-corrected chi connectivity index (χ3v) is 4.40. The number of aliphatic hydroxyl groups excluding tert-OH is 1. The minimum atomic E-state index is -1.10. The van der Waals surface area contributed by atoms with Gasteiger partial charge in [0.1, 0.15) is 6.04 Å². The van der Waals surface area contributed by atoms with Crippen LogP contribution in [0.15, 0.2) is 54.6 Å². The van der Waals surface area contributed by atoms with Crippen molar-refractivity contribution in [3.05, 3.63) is 71.3 Å². The van der Waals surface area contributed by atoms with Crippen LogP contribution in [0.25, 0.3) is 0 Å². The number of ether oxygens (including phenoxy) is 1. The van der Waals surface area contributed by atoms with Gasteiger partial charge in [-0.25, -0.2) is 0 Å². The van der Waals surface area contributed by atoms with Crippen LogP contribution >= 0.6 is 0 Å². The Morgan fingerprint density at radius 2 is 1.63 bits per heavy atom. The zero-order valence-corrected chi connectivity index (χ0v) is 15.5. The van der Waals surface area contributed by atoms with E-state index in [1.165, 1.54) is 7.05 Å². The highest BCUT2D eigenvalue weighted by molar-refractivity contribution is 6.08. The highest BCUT2D eigenvalue weighted by atomic mass is 16.5. The second-order valence-electron chi connectivity index (χ2n) is 6.48. The number of aliphatic hydroxyl groups is 1. The maximum Gasteiger partial charge on any atom is 0.323 e. The van der Waals surface area contributed by atoms with E-state index in [0.29, 0.717) is 17.7 Å². The van der Waals surface area contributed by atoms with Gasteiger partial charge in [-0.2, -0.15) is 0 Å². The molecule has 6 heteroatoms. The fourth-order valence-electron chi connectivity index (χ4n) is 2.74. The summed E-state index contributed by atoms with van der Waals surface area (Å²) in [6.07, 6.45) is -1.06. The normalized spacial score (nSPS) is 14.3. The van der Waals surface area contributed by atoms with Crippen LogP contribution < -0.4 is 5.32 Å². The number of hydrogen-bond acceptors (Lipinski definition) is 5. The van der Waals surface area contributed by atoms with Crippen LogP contribution in [-0.2, 0) is 16.1 Å². The molecule has 0 bridgehead atoms. The van der Waals surface area contributed by atoms with Gasteiger partial charge in [-0.05, 0) is 12.6 Å². The molecule has 0 aliphatic carbocycles. The Hall–Kier alpha value is -2.54. The number of ketones is 1. The molecule has 2 aromatic rings. The molecule has 2 rings (SSSR count). The summed E-state index contributed by atoms with van der Waals surface area (Å²) >= 11 is 0. The molecule has 0 saturated heterocycles. The standard InChI is InChI=1S/C21H25NO5/c1-14(19(23)18(22-2)21(25)26)12-27-13-15-8-10-17(11-9-15)20(24)16-6-4-3-5-7-16/h3-11,14,18-19,22-23H,12-13H2,1-2H3,(H,25,26)/t14-,18+,19-/m1/s1. The predicted octanol–water partition coefficient (Wildman–Crippen LogP) is 2.10. The van der Waals surface area contributed by atoms with Crippen molar-refractivity contribution in [3.8, 4) is 0 Å². The van der Waals surface area contributed by atoms with E-state index in [1.54, 1.807) is 31.2 Å². The second-order valence-corrected chi connectivity index (χ2v) is 6.48. The van der Waals surface area contributed by atoms with Crippen LogP contribution in [0.4, 0.5) is 0 Å². The summed E-state index contributed by atoms with van der Waals surface area (Å²) in [5, 5.41) is 21.7. The van der Waals surface area contributed by atoms with E-state index in [-0.39, 0.29) is 18.3 Å². The van der Waals surface area contributed by atoms with Gasteiger partial charge in [-0.3, -0.25) is 9.59 Å². The fourth-order valence-corrected chi connectivity index (χ4v) is 2.74. The SMILES string of the molecule is CN[C@H](C(=O)O)[C@H](O)[C@H](C)COCc1ccc(C(=O)c2ccccc2)cc1. The van der Waals surface area contributed by atoms with Gasteiger partial charge in [-0.15, -0.1) is 0 Å². The molecule has 3 N–H and O–H groups in total. The molecule has 3 atom stereocenters. The van der Waals surface area contributed by atoms with E-state index in [9.17, 15) is 14.7 Å². The molecular weight excluding hydrogens is 346 g/mol. The number of hydrogen-bond donors (Lipinski definition) is 3. The molecule has 27 heavy (non-hydrogen) atoms. The van der Waals surface area contributed by atoms with Crippen molar-refractivity contribution in [1.29, 1.82) is 0 Å². The Morgan fingerprint density at radius 1 is 1.04 bits per heavy atom. The molecule has 0 spiro atoms. The van der Waals surface area contributed by atoms with Crippen molar-refractivity contribution in [3.63, 3.8) is 0 Å². The minimum Gasteiger partial charge on any atom is -0.480 e. The molecule has 0 aromatic heterocycles. The first-order valence-electron chi connectivity index (χ1n) is 8.78. The van der Waals surface area contributed by atoms with Crippen LogP contribution in [0.1, 0.15) is 28.4 Å². The fraction of sp³-hybridized carbons (Fsp3) is 0.333. The van der Waals surface area contributed by atoms with Crippen LogP contribution in [0.3, 0.4) is 0 Å². The molecule has 0 aliphatic rings. The zero-order valence-electron chi connectivity index (χ0n) is 15.5. The lowest BCUT2D eigenvalue weighted by atomic mass is 9.99. The molecule has 0 heterocycles. The monoisotopic (exact) mass is 371 g/mol. The first-order chi connectivity index (χ1) is 12.9. The number of carboxylic acid groups (broad SMARTS) is 1. The first kappa shape index (κ1) is 20.8. The molecule has 0 radical (unpaired) electrons. The number of carbonyl (C=O) groups excluding carboxylic acids is 1. The largest absolute Gasteiger partial charge is 0.480 e. The number of carboxylic acids is 1. The highest BCUT2D eigenvalue weighted by Gasteiger charge is 2.29. The quantitative estimate of drug-likeness (QED) is 0.554. The maximum atomic E-state index is 12.4. The average Bonchev–Trinajstić information content (AvgIpc) is 2.68. The van der Waals surface area contributed by atoms with E-state index >= 15 is 0 Å². The van der Waals surface area contributed by atoms with Crippen molar-refractivity contribution in [2.75, 3.05) is 13.7 Å². The smallest absolute Gasteiger partial charge is 0.323 e. The van der Waals surface area contributed by atoms with Crippen molar-refractivity contribution in [2.24, 2.45) is 5.92 Å². The Labute approximate surface area is 158 Å². The van der Waals surface area contributed by atoms with E-state index in [4.69, 9.17) is 9.84 Å². The number of aliphatic carboxylic acids is 1. The third kappa shape index (κ3) is 5.72. The van der Waals surface area contributed by atoms with Gasteiger partial charge in [0, 0.05) is 17.0 Å². The van der Waals surface area contributed by atoms with Crippen molar-refractivity contribution >= 4 is 11.8 Å².